The number of amides is 1. The van der Waals surface area contributed by atoms with E-state index in [4.69, 9.17) is 16.3 Å². The topological polar surface area (TPSA) is 38.3 Å². The van der Waals surface area contributed by atoms with E-state index < -0.39 is 0 Å². The van der Waals surface area contributed by atoms with Crippen LogP contribution >= 0.6 is 11.6 Å². The van der Waals surface area contributed by atoms with E-state index in [0.717, 1.165) is 0 Å². The van der Waals surface area contributed by atoms with E-state index in [2.05, 4.69) is 5.32 Å². The first kappa shape index (κ1) is 13.4. The molecule has 0 unspecified atom stereocenters. The Hall–Kier alpha value is -2.00. The Kier molecular flexibility index (Phi) is 4.42. The van der Waals surface area contributed by atoms with E-state index in [-0.39, 0.29) is 5.91 Å². The number of carbonyl (C=O) groups excluding carboxylic acids is 1. The van der Waals surface area contributed by atoms with Crippen molar-refractivity contribution >= 4 is 23.2 Å². The molecule has 0 atom stereocenters. The fourth-order valence-electron chi connectivity index (χ4n) is 1.69. The quantitative estimate of drug-likeness (QED) is 0.916. The first-order valence-corrected chi connectivity index (χ1v) is 6.38. The van der Waals surface area contributed by atoms with Gasteiger partial charge in [0.15, 0.2) is 0 Å². The third-order valence-corrected chi connectivity index (χ3v) is 2.88. The second-order valence-corrected chi connectivity index (χ2v) is 4.27. The van der Waals surface area contributed by atoms with Crippen LogP contribution in [0.5, 0.6) is 5.75 Å². The Bertz CT molecular complexity index is 584. The summed E-state index contributed by atoms with van der Waals surface area (Å²) in [7, 11) is 0. The van der Waals surface area contributed by atoms with Gasteiger partial charge in [0.1, 0.15) is 5.75 Å². The van der Waals surface area contributed by atoms with E-state index >= 15 is 0 Å². The highest BCUT2D eigenvalue weighted by Gasteiger charge is 2.12. The van der Waals surface area contributed by atoms with Crippen molar-refractivity contribution in [2.75, 3.05) is 11.9 Å². The van der Waals surface area contributed by atoms with Gasteiger partial charge in [0.2, 0.25) is 0 Å². The predicted molar refractivity (Wildman–Crippen MR) is 77.0 cm³/mol. The molecule has 1 N–H and O–H groups in total. The molecule has 0 saturated carbocycles. The summed E-state index contributed by atoms with van der Waals surface area (Å²) in [5.41, 5.74) is 1.07. The number of hydrogen-bond donors (Lipinski definition) is 1. The van der Waals surface area contributed by atoms with Crippen molar-refractivity contribution in [3.8, 4) is 5.75 Å². The van der Waals surface area contributed by atoms with Crippen LogP contribution in [0.3, 0.4) is 0 Å². The molecule has 0 fully saturated rings. The smallest absolute Gasteiger partial charge is 0.259 e. The molecule has 0 aliphatic carbocycles. The fraction of sp³-hybridized carbons (Fsp3) is 0.133. The zero-order valence-electron chi connectivity index (χ0n) is 10.5. The summed E-state index contributed by atoms with van der Waals surface area (Å²) in [6.07, 6.45) is 0. The van der Waals surface area contributed by atoms with Crippen LogP contribution in [0.2, 0.25) is 5.02 Å². The molecule has 3 nitrogen and oxygen atoms in total. The van der Waals surface area contributed by atoms with E-state index in [1.54, 1.807) is 30.3 Å². The zero-order valence-corrected chi connectivity index (χ0v) is 11.3. The number of halogens is 1. The van der Waals surface area contributed by atoms with Crippen molar-refractivity contribution in [1.82, 2.24) is 0 Å². The van der Waals surface area contributed by atoms with Crippen LogP contribution < -0.4 is 10.1 Å². The van der Waals surface area contributed by atoms with Crippen molar-refractivity contribution < 1.29 is 9.53 Å². The van der Waals surface area contributed by atoms with Gasteiger partial charge in [0, 0.05) is 0 Å². The number of rotatable bonds is 4. The average Bonchev–Trinajstić information content (AvgIpc) is 2.42. The van der Waals surface area contributed by atoms with Crippen molar-refractivity contribution in [1.29, 1.82) is 0 Å². The zero-order chi connectivity index (χ0) is 13.7. The minimum absolute atomic E-state index is 0.239. The molecule has 0 aromatic heterocycles. The second-order valence-electron chi connectivity index (χ2n) is 3.86. The highest BCUT2D eigenvalue weighted by Crippen LogP contribution is 2.23. The van der Waals surface area contributed by atoms with Crippen LogP contribution in [0.25, 0.3) is 0 Å². The first-order valence-electron chi connectivity index (χ1n) is 6.00. The lowest BCUT2D eigenvalue weighted by atomic mass is 10.2. The number of nitrogens with one attached hydrogen (secondary N) is 1. The van der Waals surface area contributed by atoms with Crippen molar-refractivity contribution in [3.05, 3.63) is 59.1 Å². The fourth-order valence-corrected chi connectivity index (χ4v) is 1.87. The van der Waals surface area contributed by atoms with Gasteiger partial charge in [-0.3, -0.25) is 4.79 Å². The molecule has 0 heterocycles. The molecule has 1 amide bonds. The summed E-state index contributed by atoms with van der Waals surface area (Å²) < 4.78 is 5.43. The van der Waals surface area contributed by atoms with Gasteiger partial charge in [-0.1, -0.05) is 35.9 Å². The Morgan fingerprint density at radius 1 is 1.16 bits per heavy atom. The Morgan fingerprint density at radius 2 is 1.84 bits per heavy atom. The molecular formula is C15H14ClNO2. The van der Waals surface area contributed by atoms with Crippen LogP contribution in [-0.2, 0) is 0 Å². The molecule has 2 aromatic rings. The van der Waals surface area contributed by atoms with Crippen molar-refractivity contribution in [2.45, 2.75) is 6.92 Å². The van der Waals surface area contributed by atoms with Gasteiger partial charge < -0.3 is 10.1 Å². The van der Waals surface area contributed by atoms with Crippen LogP contribution in [0.1, 0.15) is 17.3 Å². The Balaban J connectivity index is 2.23. The molecule has 0 bridgehead atoms. The Labute approximate surface area is 117 Å². The number of benzene rings is 2. The largest absolute Gasteiger partial charge is 0.493 e. The molecule has 2 aromatic carbocycles. The molecule has 0 radical (unpaired) electrons. The van der Waals surface area contributed by atoms with E-state index in [9.17, 15) is 4.79 Å². The van der Waals surface area contributed by atoms with Gasteiger partial charge in [-0.15, -0.1) is 0 Å². The SMILES string of the molecule is CCOc1ccccc1C(=O)Nc1ccccc1Cl. The molecule has 0 aliphatic heterocycles. The average molecular weight is 276 g/mol. The molecule has 19 heavy (non-hydrogen) atoms. The van der Waals surface area contributed by atoms with Gasteiger partial charge in [-0.25, -0.2) is 0 Å². The lowest BCUT2D eigenvalue weighted by Crippen LogP contribution is -2.13. The number of ether oxygens (including phenoxy) is 1. The summed E-state index contributed by atoms with van der Waals surface area (Å²) in [5.74, 6) is 0.326. The molecule has 0 spiro atoms. The number of hydrogen-bond acceptors (Lipinski definition) is 2. The Morgan fingerprint density at radius 3 is 2.58 bits per heavy atom. The summed E-state index contributed by atoms with van der Waals surface area (Å²) in [6.45, 7) is 2.39. The first-order chi connectivity index (χ1) is 9.22. The highest BCUT2D eigenvalue weighted by molar-refractivity contribution is 6.33. The normalized spacial score (nSPS) is 10.0. The van der Waals surface area contributed by atoms with Crippen LogP contribution in [0, 0.1) is 0 Å². The molecule has 4 heteroatoms. The summed E-state index contributed by atoms with van der Waals surface area (Å²) in [6, 6.07) is 14.2. The number of carbonyl (C=O) groups is 1. The molecule has 0 aliphatic rings. The van der Waals surface area contributed by atoms with Crippen LogP contribution in [0.15, 0.2) is 48.5 Å². The molecular weight excluding hydrogens is 262 g/mol. The maximum atomic E-state index is 12.2. The standard InChI is InChI=1S/C15H14ClNO2/c1-2-19-14-10-6-3-7-11(14)15(18)17-13-9-5-4-8-12(13)16/h3-10H,2H2,1H3,(H,17,18). The van der Waals surface area contributed by atoms with E-state index in [1.165, 1.54) is 0 Å². The van der Waals surface area contributed by atoms with Crippen molar-refractivity contribution in [3.63, 3.8) is 0 Å². The van der Waals surface area contributed by atoms with Gasteiger partial charge in [-0.05, 0) is 31.2 Å². The van der Waals surface area contributed by atoms with Crippen LogP contribution in [0.4, 0.5) is 5.69 Å². The molecule has 98 valence electrons. The van der Waals surface area contributed by atoms with Gasteiger partial charge in [0.25, 0.3) is 5.91 Å². The highest BCUT2D eigenvalue weighted by atomic mass is 35.5. The lowest BCUT2D eigenvalue weighted by molar-refractivity contribution is 0.102. The minimum Gasteiger partial charge on any atom is -0.493 e. The minimum atomic E-state index is -0.239. The summed E-state index contributed by atoms with van der Waals surface area (Å²) >= 11 is 6.01. The van der Waals surface area contributed by atoms with Gasteiger partial charge in [0.05, 0.1) is 22.9 Å². The van der Waals surface area contributed by atoms with Gasteiger partial charge in [-0.2, -0.15) is 0 Å². The lowest BCUT2D eigenvalue weighted by Gasteiger charge is -2.11. The monoisotopic (exact) mass is 275 g/mol. The maximum Gasteiger partial charge on any atom is 0.259 e. The second kappa shape index (κ2) is 6.25. The third kappa shape index (κ3) is 3.26. The van der Waals surface area contributed by atoms with Crippen molar-refractivity contribution in [2.24, 2.45) is 0 Å². The molecule has 2 rings (SSSR count). The van der Waals surface area contributed by atoms with E-state index in [1.807, 2.05) is 25.1 Å². The summed E-state index contributed by atoms with van der Waals surface area (Å²) in [4.78, 5) is 12.2. The summed E-state index contributed by atoms with van der Waals surface area (Å²) in [5, 5.41) is 3.28. The van der Waals surface area contributed by atoms with E-state index in [0.29, 0.717) is 28.6 Å². The number of para-hydroxylation sites is 2. The van der Waals surface area contributed by atoms with Gasteiger partial charge >= 0.3 is 0 Å². The number of anilines is 1. The predicted octanol–water partition coefficient (Wildman–Crippen LogP) is 3.99. The third-order valence-electron chi connectivity index (χ3n) is 2.55. The maximum absolute atomic E-state index is 12.2. The van der Waals surface area contributed by atoms with Crippen LogP contribution in [-0.4, -0.2) is 12.5 Å². The molecule has 0 saturated heterocycles.